The molecule has 0 bridgehead atoms. The van der Waals surface area contributed by atoms with Crippen LogP contribution in [0.5, 0.6) is 5.75 Å². The molecule has 1 aliphatic rings. The summed E-state index contributed by atoms with van der Waals surface area (Å²) in [6, 6.07) is 6.60. The Labute approximate surface area is 171 Å². The van der Waals surface area contributed by atoms with E-state index in [1.165, 1.54) is 23.1 Å². The molecule has 0 unspecified atom stereocenters. The van der Waals surface area contributed by atoms with Gasteiger partial charge in [0.25, 0.3) is 0 Å². The second kappa shape index (κ2) is 8.92. The highest BCUT2D eigenvalue weighted by Gasteiger charge is 2.37. The Morgan fingerprint density at radius 2 is 2.03 bits per heavy atom. The first-order valence-electron chi connectivity index (χ1n) is 9.35. The van der Waals surface area contributed by atoms with Crippen LogP contribution in [0.1, 0.15) is 18.4 Å². The number of anilines is 1. The lowest BCUT2D eigenvalue weighted by Crippen LogP contribution is -2.46. The van der Waals surface area contributed by atoms with Crippen molar-refractivity contribution in [2.24, 2.45) is 0 Å². The van der Waals surface area contributed by atoms with Gasteiger partial charge in [0.05, 0.1) is 18.8 Å². The molecule has 0 saturated carbocycles. The zero-order chi connectivity index (χ0) is 21.8. The lowest BCUT2D eigenvalue weighted by molar-refractivity contribution is -0.274. The average molecular weight is 428 g/mol. The van der Waals surface area contributed by atoms with E-state index in [1.54, 1.807) is 30.1 Å². The molecule has 3 rings (SSSR count). The van der Waals surface area contributed by atoms with Gasteiger partial charge in [-0.15, -0.1) is 13.2 Å². The number of urea groups is 1. The Hall–Kier alpha value is -2.79. The highest BCUT2D eigenvalue weighted by atomic mass is 19.4. The fraction of sp³-hybridized carbons (Fsp3) is 0.474. The normalized spacial score (nSPS) is 16.4. The maximum absolute atomic E-state index is 12.5. The monoisotopic (exact) mass is 428 g/mol. The number of halogens is 3. The minimum Gasteiger partial charge on any atom is -0.406 e. The number of nitrogens with zero attached hydrogens (tertiary/aromatic N) is 3. The summed E-state index contributed by atoms with van der Waals surface area (Å²) in [6.07, 6.45) is -2.73. The molecular weight excluding hydrogens is 405 g/mol. The van der Waals surface area contributed by atoms with E-state index >= 15 is 0 Å². The van der Waals surface area contributed by atoms with Crippen LogP contribution in [0.4, 0.5) is 23.8 Å². The molecule has 2 amide bonds. The molecule has 0 atom stereocenters. The van der Waals surface area contributed by atoms with Gasteiger partial charge < -0.3 is 19.5 Å². The third kappa shape index (κ3) is 5.63. The van der Waals surface area contributed by atoms with Crippen molar-refractivity contribution in [3.8, 4) is 5.75 Å². The first-order valence-corrected chi connectivity index (χ1v) is 9.35. The Balaban J connectivity index is 1.57. The SMILES string of the molecule is COCCn1ccc(NC(=O)N2CCC(O)(c3cccc(OC(F)(F)F)c3)CC2)n1. The van der Waals surface area contributed by atoms with Crippen LogP contribution in [-0.4, -0.2) is 59.0 Å². The molecule has 0 radical (unpaired) electrons. The lowest BCUT2D eigenvalue weighted by atomic mass is 9.84. The predicted molar refractivity (Wildman–Crippen MR) is 101 cm³/mol. The molecule has 2 aromatic rings. The number of hydrogen-bond acceptors (Lipinski definition) is 5. The maximum atomic E-state index is 12.5. The number of benzene rings is 1. The zero-order valence-electron chi connectivity index (χ0n) is 16.4. The van der Waals surface area contributed by atoms with Crippen molar-refractivity contribution >= 4 is 11.8 Å². The van der Waals surface area contributed by atoms with Crippen LogP contribution in [0.3, 0.4) is 0 Å². The number of hydrogen-bond donors (Lipinski definition) is 2. The number of rotatable bonds is 6. The van der Waals surface area contributed by atoms with E-state index in [0.29, 0.717) is 24.5 Å². The number of aromatic nitrogens is 2. The zero-order valence-corrected chi connectivity index (χ0v) is 16.4. The molecule has 2 N–H and O–H groups in total. The topological polar surface area (TPSA) is 88.9 Å². The fourth-order valence-corrected chi connectivity index (χ4v) is 3.28. The number of nitrogens with one attached hydrogen (secondary N) is 1. The summed E-state index contributed by atoms with van der Waals surface area (Å²) in [5.41, 5.74) is -1.02. The standard InChI is InChI=1S/C19H23F3N4O4/c1-29-12-11-26-8-5-16(24-26)23-17(27)25-9-6-18(28,7-10-25)14-3-2-4-15(13-14)30-19(20,21)22/h2-5,8,13,28H,6-7,9-12H2,1H3,(H,23,24,27). The minimum absolute atomic E-state index is 0.179. The number of likely N-dealkylation sites (tertiary alicyclic amines) is 1. The number of carbonyl (C=O) groups excluding carboxylic acids is 1. The molecule has 1 aromatic carbocycles. The Morgan fingerprint density at radius 3 is 2.70 bits per heavy atom. The van der Waals surface area contributed by atoms with Crippen molar-refractivity contribution in [1.82, 2.24) is 14.7 Å². The summed E-state index contributed by atoms with van der Waals surface area (Å²) in [6.45, 7) is 1.52. The van der Waals surface area contributed by atoms with Crippen LogP contribution < -0.4 is 10.1 Å². The third-order valence-electron chi connectivity index (χ3n) is 4.88. The van der Waals surface area contributed by atoms with Gasteiger partial charge in [-0.05, 0) is 30.5 Å². The molecule has 0 spiro atoms. The number of carbonyl (C=O) groups is 1. The van der Waals surface area contributed by atoms with Gasteiger partial charge in [-0.2, -0.15) is 5.10 Å². The lowest BCUT2D eigenvalue weighted by Gasteiger charge is -2.38. The third-order valence-corrected chi connectivity index (χ3v) is 4.88. The summed E-state index contributed by atoms with van der Waals surface area (Å²) in [7, 11) is 1.59. The van der Waals surface area contributed by atoms with Crippen molar-refractivity contribution in [2.45, 2.75) is 31.3 Å². The molecule has 1 saturated heterocycles. The molecule has 30 heavy (non-hydrogen) atoms. The Morgan fingerprint density at radius 1 is 1.30 bits per heavy atom. The first kappa shape index (κ1) is 21.9. The Kier molecular flexibility index (Phi) is 6.52. The van der Waals surface area contributed by atoms with Gasteiger partial charge in [-0.1, -0.05) is 12.1 Å². The van der Waals surface area contributed by atoms with E-state index in [-0.39, 0.29) is 32.0 Å². The van der Waals surface area contributed by atoms with Crippen molar-refractivity contribution in [3.63, 3.8) is 0 Å². The molecule has 2 heterocycles. The van der Waals surface area contributed by atoms with E-state index in [2.05, 4.69) is 15.2 Å². The van der Waals surface area contributed by atoms with Crippen molar-refractivity contribution in [1.29, 1.82) is 0 Å². The fourth-order valence-electron chi connectivity index (χ4n) is 3.28. The second-order valence-electron chi connectivity index (χ2n) is 6.98. The molecule has 8 nitrogen and oxygen atoms in total. The van der Waals surface area contributed by atoms with Crippen LogP contribution in [0.2, 0.25) is 0 Å². The van der Waals surface area contributed by atoms with Crippen LogP contribution in [0, 0.1) is 0 Å². The molecule has 1 aliphatic heterocycles. The molecule has 164 valence electrons. The van der Waals surface area contributed by atoms with Crippen molar-refractivity contribution < 1.29 is 32.5 Å². The molecular formula is C19H23F3N4O4. The van der Waals surface area contributed by atoms with Gasteiger partial charge in [0.15, 0.2) is 5.82 Å². The first-order chi connectivity index (χ1) is 14.2. The van der Waals surface area contributed by atoms with Crippen LogP contribution >= 0.6 is 0 Å². The van der Waals surface area contributed by atoms with Crippen molar-refractivity contribution in [2.75, 3.05) is 32.1 Å². The van der Waals surface area contributed by atoms with Gasteiger partial charge in [0.2, 0.25) is 0 Å². The quantitative estimate of drug-likeness (QED) is 0.739. The van der Waals surface area contributed by atoms with E-state index in [1.807, 2.05) is 0 Å². The van der Waals surface area contributed by atoms with Crippen LogP contribution in [0.25, 0.3) is 0 Å². The highest BCUT2D eigenvalue weighted by molar-refractivity contribution is 5.88. The maximum Gasteiger partial charge on any atom is 0.573 e. The largest absolute Gasteiger partial charge is 0.573 e. The number of alkyl halides is 3. The second-order valence-corrected chi connectivity index (χ2v) is 6.98. The highest BCUT2D eigenvalue weighted by Crippen LogP contribution is 2.35. The van der Waals surface area contributed by atoms with Gasteiger partial charge >= 0.3 is 12.4 Å². The van der Waals surface area contributed by atoms with Gasteiger partial charge in [0, 0.05) is 32.5 Å². The van der Waals surface area contributed by atoms with E-state index in [0.717, 1.165) is 0 Å². The Bertz CT molecular complexity index is 863. The van der Waals surface area contributed by atoms with E-state index in [9.17, 15) is 23.1 Å². The van der Waals surface area contributed by atoms with Gasteiger partial charge in [-0.3, -0.25) is 10.00 Å². The minimum atomic E-state index is -4.81. The van der Waals surface area contributed by atoms with Gasteiger partial charge in [0.1, 0.15) is 5.75 Å². The summed E-state index contributed by atoms with van der Waals surface area (Å²) in [5.74, 6) is 0.00611. The summed E-state index contributed by atoms with van der Waals surface area (Å²) < 4.78 is 47.9. The molecule has 1 aromatic heterocycles. The number of ether oxygens (including phenoxy) is 2. The summed E-state index contributed by atoms with van der Waals surface area (Å²) in [4.78, 5) is 14.0. The number of piperidine rings is 1. The predicted octanol–water partition coefficient (Wildman–Crippen LogP) is 2.94. The van der Waals surface area contributed by atoms with Crippen LogP contribution in [-0.2, 0) is 16.9 Å². The number of amides is 2. The number of aliphatic hydroxyl groups is 1. The number of methoxy groups -OCH3 is 1. The molecule has 11 heteroatoms. The average Bonchev–Trinajstić information content (AvgIpc) is 3.13. The van der Waals surface area contributed by atoms with E-state index in [4.69, 9.17) is 4.74 Å². The molecule has 0 aliphatic carbocycles. The summed E-state index contributed by atoms with van der Waals surface area (Å²) in [5, 5.41) is 17.8. The van der Waals surface area contributed by atoms with Crippen LogP contribution in [0.15, 0.2) is 36.5 Å². The smallest absolute Gasteiger partial charge is 0.406 e. The van der Waals surface area contributed by atoms with Gasteiger partial charge in [-0.25, -0.2) is 4.79 Å². The summed E-state index contributed by atoms with van der Waals surface area (Å²) >= 11 is 0. The molecule has 1 fully saturated rings. The van der Waals surface area contributed by atoms with E-state index < -0.39 is 17.7 Å². The van der Waals surface area contributed by atoms with Crippen molar-refractivity contribution in [3.05, 3.63) is 42.1 Å².